The third-order valence-corrected chi connectivity index (χ3v) is 4.64. The fourth-order valence-corrected chi connectivity index (χ4v) is 3.47. The summed E-state index contributed by atoms with van der Waals surface area (Å²) in [4.78, 5) is 5.24. The van der Waals surface area contributed by atoms with Crippen LogP contribution >= 0.6 is 0 Å². The zero-order chi connectivity index (χ0) is 14.1. The quantitative estimate of drug-likeness (QED) is 0.657. The van der Waals surface area contributed by atoms with E-state index in [4.69, 9.17) is 0 Å². The predicted molar refractivity (Wildman–Crippen MR) is 84.8 cm³/mol. The zero-order valence-electron chi connectivity index (χ0n) is 13.6. The van der Waals surface area contributed by atoms with Crippen molar-refractivity contribution in [2.45, 2.75) is 65.5 Å². The number of hydrogen-bond donors (Lipinski definition) is 1. The largest absolute Gasteiger partial charge is 0.313 e. The molecule has 0 aromatic rings. The van der Waals surface area contributed by atoms with Crippen LogP contribution in [0.5, 0.6) is 0 Å². The second-order valence-corrected chi connectivity index (χ2v) is 5.67. The Hall–Kier alpha value is -0.120. The number of rotatable bonds is 10. The highest BCUT2D eigenvalue weighted by atomic mass is 15.2. The van der Waals surface area contributed by atoms with Gasteiger partial charge >= 0.3 is 0 Å². The molecule has 0 aromatic carbocycles. The summed E-state index contributed by atoms with van der Waals surface area (Å²) >= 11 is 0. The van der Waals surface area contributed by atoms with Gasteiger partial charge in [0.25, 0.3) is 0 Å². The van der Waals surface area contributed by atoms with E-state index >= 15 is 0 Å². The Morgan fingerprint density at radius 1 is 0.947 bits per heavy atom. The van der Waals surface area contributed by atoms with Crippen LogP contribution in [0, 0.1) is 0 Å². The lowest BCUT2D eigenvalue weighted by atomic mass is 10.1. The Kier molecular flexibility index (Phi) is 8.67. The van der Waals surface area contributed by atoms with Crippen molar-refractivity contribution in [2.24, 2.45) is 0 Å². The molecule has 0 heterocycles. The molecule has 0 bridgehead atoms. The van der Waals surface area contributed by atoms with E-state index in [1.807, 2.05) is 0 Å². The van der Waals surface area contributed by atoms with E-state index in [0.717, 1.165) is 18.6 Å². The van der Waals surface area contributed by atoms with Crippen LogP contribution in [-0.2, 0) is 0 Å². The molecular weight excluding hydrogens is 234 g/mol. The monoisotopic (exact) mass is 269 g/mol. The fraction of sp³-hybridized carbons (Fsp3) is 1.00. The molecule has 0 radical (unpaired) electrons. The molecule has 0 saturated heterocycles. The molecule has 1 fully saturated rings. The Morgan fingerprint density at radius 2 is 1.68 bits per heavy atom. The zero-order valence-corrected chi connectivity index (χ0v) is 13.6. The van der Waals surface area contributed by atoms with Gasteiger partial charge in [0, 0.05) is 12.1 Å². The molecule has 1 rings (SSSR count). The first kappa shape index (κ1) is 16.9. The third-order valence-electron chi connectivity index (χ3n) is 4.64. The number of nitrogens with one attached hydrogen (secondary N) is 1. The van der Waals surface area contributed by atoms with E-state index in [2.05, 4.69) is 42.8 Å². The molecular formula is C16H35N3. The molecule has 2 unspecified atom stereocenters. The summed E-state index contributed by atoms with van der Waals surface area (Å²) < 4.78 is 0. The van der Waals surface area contributed by atoms with Crippen molar-refractivity contribution in [3.63, 3.8) is 0 Å². The number of nitrogens with zero attached hydrogens (tertiary/aromatic N) is 2. The Labute approximate surface area is 120 Å². The van der Waals surface area contributed by atoms with Crippen LogP contribution in [0.3, 0.4) is 0 Å². The van der Waals surface area contributed by atoms with E-state index < -0.39 is 0 Å². The topological polar surface area (TPSA) is 18.5 Å². The minimum atomic E-state index is 0.735. The van der Waals surface area contributed by atoms with Gasteiger partial charge in [0.15, 0.2) is 0 Å². The Balaban J connectivity index is 2.35. The molecule has 1 N–H and O–H groups in total. The summed E-state index contributed by atoms with van der Waals surface area (Å²) in [7, 11) is 0. The van der Waals surface area contributed by atoms with Crippen molar-refractivity contribution >= 4 is 0 Å². The Morgan fingerprint density at radius 3 is 2.26 bits per heavy atom. The smallest absolute Gasteiger partial charge is 0.0249 e. The van der Waals surface area contributed by atoms with Crippen molar-refractivity contribution in [1.29, 1.82) is 0 Å². The van der Waals surface area contributed by atoms with Crippen molar-refractivity contribution in [2.75, 3.05) is 39.3 Å². The summed E-state index contributed by atoms with van der Waals surface area (Å²) in [6, 6.07) is 1.51. The molecule has 0 aromatic heterocycles. The summed E-state index contributed by atoms with van der Waals surface area (Å²) in [6.45, 7) is 16.3. The van der Waals surface area contributed by atoms with Gasteiger partial charge in [-0.2, -0.15) is 0 Å². The van der Waals surface area contributed by atoms with E-state index in [-0.39, 0.29) is 0 Å². The minimum Gasteiger partial charge on any atom is -0.313 e. The standard InChI is InChI=1S/C16H35N3/c1-5-17-15-11-9-12-16(15)19(8-4)14-10-13-18(6-2)7-3/h15-17H,5-14H2,1-4H3. The lowest BCUT2D eigenvalue weighted by molar-refractivity contribution is 0.169. The maximum atomic E-state index is 3.68. The van der Waals surface area contributed by atoms with Crippen LogP contribution in [0.4, 0.5) is 0 Å². The average Bonchev–Trinajstić information content (AvgIpc) is 2.88. The minimum absolute atomic E-state index is 0.735. The van der Waals surface area contributed by atoms with Crippen molar-refractivity contribution in [3.05, 3.63) is 0 Å². The van der Waals surface area contributed by atoms with Crippen LogP contribution in [0.25, 0.3) is 0 Å². The lowest BCUT2D eigenvalue weighted by Crippen LogP contribution is -2.47. The molecule has 114 valence electrons. The second kappa shape index (κ2) is 9.73. The van der Waals surface area contributed by atoms with Crippen LogP contribution in [0.15, 0.2) is 0 Å². The van der Waals surface area contributed by atoms with Gasteiger partial charge in [0.05, 0.1) is 0 Å². The second-order valence-electron chi connectivity index (χ2n) is 5.67. The molecule has 1 aliphatic rings. The first-order valence-electron chi connectivity index (χ1n) is 8.46. The van der Waals surface area contributed by atoms with Gasteiger partial charge in [-0.15, -0.1) is 0 Å². The normalized spacial score (nSPS) is 23.7. The van der Waals surface area contributed by atoms with Crippen LogP contribution in [0.2, 0.25) is 0 Å². The predicted octanol–water partition coefficient (Wildman–Crippen LogP) is 2.57. The van der Waals surface area contributed by atoms with Gasteiger partial charge in [-0.1, -0.05) is 34.1 Å². The van der Waals surface area contributed by atoms with Gasteiger partial charge in [0.2, 0.25) is 0 Å². The molecule has 2 atom stereocenters. The SMILES string of the molecule is CCNC1CCCC1N(CC)CCCN(CC)CC. The lowest BCUT2D eigenvalue weighted by Gasteiger charge is -2.33. The van der Waals surface area contributed by atoms with Crippen LogP contribution in [0.1, 0.15) is 53.4 Å². The first-order chi connectivity index (χ1) is 9.26. The molecule has 3 nitrogen and oxygen atoms in total. The Bertz CT molecular complexity index is 216. The fourth-order valence-electron chi connectivity index (χ4n) is 3.47. The van der Waals surface area contributed by atoms with Crippen molar-refractivity contribution in [3.8, 4) is 0 Å². The average molecular weight is 269 g/mol. The maximum absolute atomic E-state index is 3.68. The van der Waals surface area contributed by atoms with Gasteiger partial charge in [-0.05, 0) is 58.5 Å². The van der Waals surface area contributed by atoms with Gasteiger partial charge in [0.1, 0.15) is 0 Å². The highest BCUT2D eigenvalue weighted by Crippen LogP contribution is 2.24. The molecule has 0 aliphatic heterocycles. The van der Waals surface area contributed by atoms with Gasteiger partial charge < -0.3 is 10.2 Å². The summed E-state index contributed by atoms with van der Waals surface area (Å²) in [6.07, 6.45) is 5.46. The molecule has 19 heavy (non-hydrogen) atoms. The van der Waals surface area contributed by atoms with Gasteiger partial charge in [-0.25, -0.2) is 0 Å². The number of likely N-dealkylation sites (N-methyl/N-ethyl adjacent to an activating group) is 2. The van der Waals surface area contributed by atoms with Crippen LogP contribution < -0.4 is 5.32 Å². The highest BCUT2D eigenvalue weighted by molar-refractivity contribution is 4.89. The van der Waals surface area contributed by atoms with E-state index in [1.54, 1.807) is 0 Å². The third kappa shape index (κ3) is 5.41. The molecule has 3 heteroatoms. The van der Waals surface area contributed by atoms with E-state index in [0.29, 0.717) is 0 Å². The van der Waals surface area contributed by atoms with Crippen molar-refractivity contribution < 1.29 is 0 Å². The van der Waals surface area contributed by atoms with Crippen molar-refractivity contribution in [1.82, 2.24) is 15.1 Å². The number of hydrogen-bond acceptors (Lipinski definition) is 3. The van der Waals surface area contributed by atoms with E-state index in [1.165, 1.54) is 58.4 Å². The summed E-state index contributed by atoms with van der Waals surface area (Å²) in [5.41, 5.74) is 0. The first-order valence-corrected chi connectivity index (χ1v) is 8.46. The van der Waals surface area contributed by atoms with Gasteiger partial charge in [-0.3, -0.25) is 4.90 Å². The molecule has 1 aliphatic carbocycles. The van der Waals surface area contributed by atoms with E-state index in [9.17, 15) is 0 Å². The molecule has 1 saturated carbocycles. The maximum Gasteiger partial charge on any atom is 0.0249 e. The highest BCUT2D eigenvalue weighted by Gasteiger charge is 2.30. The molecule has 0 amide bonds. The summed E-state index contributed by atoms with van der Waals surface area (Å²) in [5.74, 6) is 0. The van der Waals surface area contributed by atoms with Crippen LogP contribution in [-0.4, -0.2) is 61.2 Å². The molecule has 0 spiro atoms. The summed E-state index contributed by atoms with van der Waals surface area (Å²) in [5, 5.41) is 3.68.